The molecular formula is C18H30N2. The molecule has 1 aromatic rings. The predicted octanol–water partition coefficient (Wildman–Crippen LogP) is 3.49. The Morgan fingerprint density at radius 2 is 1.95 bits per heavy atom. The van der Waals surface area contributed by atoms with Crippen LogP contribution in [0, 0.1) is 11.8 Å². The second-order valence-corrected chi connectivity index (χ2v) is 6.53. The topological polar surface area (TPSA) is 15.3 Å². The molecule has 3 unspecified atom stereocenters. The standard InChI is InChI=1S/C18H30N2/c1-5-6-15-7-9-16(10-8-15)18(19-3)13-20(4)12-17-11-14(17)2/h7-10,14,17-19H,5-6,11-13H2,1-4H3. The number of hydrogen-bond acceptors (Lipinski definition) is 2. The smallest absolute Gasteiger partial charge is 0.0446 e. The summed E-state index contributed by atoms with van der Waals surface area (Å²) in [5.74, 6) is 1.88. The van der Waals surface area contributed by atoms with Crippen LogP contribution in [0.5, 0.6) is 0 Å². The molecule has 0 aromatic heterocycles. The van der Waals surface area contributed by atoms with Crippen LogP contribution in [0.25, 0.3) is 0 Å². The van der Waals surface area contributed by atoms with E-state index in [0.717, 1.165) is 18.4 Å². The first-order valence-corrected chi connectivity index (χ1v) is 8.08. The molecule has 2 nitrogen and oxygen atoms in total. The van der Waals surface area contributed by atoms with E-state index in [1.165, 1.54) is 36.9 Å². The predicted molar refractivity (Wildman–Crippen MR) is 87.0 cm³/mol. The third-order valence-electron chi connectivity index (χ3n) is 4.59. The first kappa shape index (κ1) is 15.5. The van der Waals surface area contributed by atoms with Crippen molar-refractivity contribution < 1.29 is 0 Å². The van der Waals surface area contributed by atoms with Gasteiger partial charge in [-0.2, -0.15) is 0 Å². The summed E-state index contributed by atoms with van der Waals surface area (Å²) in [6, 6.07) is 9.59. The Morgan fingerprint density at radius 1 is 1.30 bits per heavy atom. The molecule has 0 aliphatic heterocycles. The van der Waals surface area contributed by atoms with Crippen molar-refractivity contribution >= 4 is 0 Å². The molecule has 0 bridgehead atoms. The van der Waals surface area contributed by atoms with Gasteiger partial charge in [-0.3, -0.25) is 0 Å². The minimum absolute atomic E-state index is 0.435. The molecule has 1 aliphatic carbocycles. The lowest BCUT2D eigenvalue weighted by molar-refractivity contribution is 0.282. The number of rotatable bonds is 8. The molecule has 0 radical (unpaired) electrons. The fourth-order valence-corrected chi connectivity index (χ4v) is 3.01. The molecule has 1 aromatic carbocycles. The molecule has 3 atom stereocenters. The van der Waals surface area contributed by atoms with E-state index in [-0.39, 0.29) is 0 Å². The lowest BCUT2D eigenvalue weighted by Crippen LogP contribution is -2.32. The highest BCUT2D eigenvalue weighted by molar-refractivity contribution is 5.25. The quantitative estimate of drug-likeness (QED) is 0.780. The van der Waals surface area contributed by atoms with E-state index in [9.17, 15) is 0 Å². The van der Waals surface area contributed by atoms with E-state index in [1.807, 2.05) is 0 Å². The summed E-state index contributed by atoms with van der Waals surface area (Å²) in [7, 11) is 4.32. The lowest BCUT2D eigenvalue weighted by atomic mass is 10.0. The number of benzene rings is 1. The number of aryl methyl sites for hydroxylation is 1. The van der Waals surface area contributed by atoms with Gasteiger partial charge in [0.05, 0.1) is 0 Å². The molecule has 1 N–H and O–H groups in total. The van der Waals surface area contributed by atoms with Crippen molar-refractivity contribution in [2.45, 2.75) is 39.2 Å². The third-order valence-corrected chi connectivity index (χ3v) is 4.59. The Kier molecular flexibility index (Phi) is 5.62. The molecule has 0 heterocycles. The van der Waals surface area contributed by atoms with E-state index in [0.29, 0.717) is 6.04 Å². The Labute approximate surface area is 124 Å². The van der Waals surface area contributed by atoms with Gasteiger partial charge < -0.3 is 10.2 Å². The largest absolute Gasteiger partial charge is 0.312 e. The van der Waals surface area contributed by atoms with Gasteiger partial charge in [0.1, 0.15) is 0 Å². The van der Waals surface area contributed by atoms with Crippen molar-refractivity contribution in [2.24, 2.45) is 11.8 Å². The average molecular weight is 274 g/mol. The summed E-state index contributed by atoms with van der Waals surface area (Å²) < 4.78 is 0. The van der Waals surface area contributed by atoms with Crippen molar-refractivity contribution in [3.05, 3.63) is 35.4 Å². The fourth-order valence-electron chi connectivity index (χ4n) is 3.01. The van der Waals surface area contributed by atoms with Crippen LogP contribution in [0.15, 0.2) is 24.3 Å². The van der Waals surface area contributed by atoms with Gasteiger partial charge in [-0.05, 0) is 49.9 Å². The summed E-state index contributed by atoms with van der Waals surface area (Å²) in [5.41, 5.74) is 2.86. The Hall–Kier alpha value is -0.860. The van der Waals surface area contributed by atoms with Crippen LogP contribution < -0.4 is 5.32 Å². The molecule has 1 saturated carbocycles. The maximum absolute atomic E-state index is 3.46. The zero-order valence-corrected chi connectivity index (χ0v) is 13.5. The Balaban J connectivity index is 1.89. The summed E-state index contributed by atoms with van der Waals surface area (Å²) in [6.07, 6.45) is 3.82. The second kappa shape index (κ2) is 7.24. The highest BCUT2D eigenvalue weighted by atomic mass is 15.1. The summed E-state index contributed by atoms with van der Waals surface area (Å²) in [6.45, 7) is 6.93. The van der Waals surface area contributed by atoms with Crippen molar-refractivity contribution in [1.82, 2.24) is 10.2 Å². The van der Waals surface area contributed by atoms with Crippen molar-refractivity contribution in [1.29, 1.82) is 0 Å². The average Bonchev–Trinajstić information content (AvgIpc) is 3.12. The molecule has 112 valence electrons. The maximum Gasteiger partial charge on any atom is 0.0446 e. The number of nitrogens with zero attached hydrogens (tertiary/aromatic N) is 1. The molecule has 1 fully saturated rings. The second-order valence-electron chi connectivity index (χ2n) is 6.53. The van der Waals surface area contributed by atoms with Crippen LogP contribution >= 0.6 is 0 Å². The fraction of sp³-hybridized carbons (Fsp3) is 0.667. The van der Waals surface area contributed by atoms with E-state index < -0.39 is 0 Å². The van der Waals surface area contributed by atoms with Crippen LogP contribution in [-0.4, -0.2) is 32.1 Å². The van der Waals surface area contributed by atoms with Crippen LogP contribution in [0.4, 0.5) is 0 Å². The molecule has 0 spiro atoms. The van der Waals surface area contributed by atoms with Gasteiger partial charge in [-0.15, -0.1) is 0 Å². The van der Waals surface area contributed by atoms with E-state index >= 15 is 0 Å². The minimum Gasteiger partial charge on any atom is -0.312 e. The van der Waals surface area contributed by atoms with E-state index in [4.69, 9.17) is 0 Å². The van der Waals surface area contributed by atoms with Crippen LogP contribution in [-0.2, 0) is 6.42 Å². The van der Waals surface area contributed by atoms with E-state index in [2.05, 4.69) is 62.4 Å². The number of hydrogen-bond donors (Lipinski definition) is 1. The molecule has 0 amide bonds. The Bertz CT molecular complexity index is 398. The van der Waals surface area contributed by atoms with Crippen LogP contribution in [0.3, 0.4) is 0 Å². The van der Waals surface area contributed by atoms with Gasteiger partial charge >= 0.3 is 0 Å². The van der Waals surface area contributed by atoms with Gasteiger partial charge in [0.15, 0.2) is 0 Å². The molecule has 1 aliphatic rings. The summed E-state index contributed by atoms with van der Waals surface area (Å²) in [4.78, 5) is 2.48. The van der Waals surface area contributed by atoms with Crippen LogP contribution in [0.2, 0.25) is 0 Å². The highest BCUT2D eigenvalue weighted by Crippen LogP contribution is 2.38. The highest BCUT2D eigenvalue weighted by Gasteiger charge is 2.33. The van der Waals surface area contributed by atoms with Gasteiger partial charge in [0, 0.05) is 19.1 Å². The maximum atomic E-state index is 3.46. The SMILES string of the molecule is CCCc1ccc(C(CN(C)CC2CC2C)NC)cc1. The zero-order valence-electron chi connectivity index (χ0n) is 13.5. The Morgan fingerprint density at radius 3 is 2.45 bits per heavy atom. The van der Waals surface area contributed by atoms with Gasteiger partial charge in [0.2, 0.25) is 0 Å². The third kappa shape index (κ3) is 4.32. The van der Waals surface area contributed by atoms with Crippen LogP contribution in [0.1, 0.15) is 43.9 Å². The zero-order chi connectivity index (χ0) is 14.5. The number of likely N-dealkylation sites (N-methyl/N-ethyl adjacent to an activating group) is 2. The molecule has 20 heavy (non-hydrogen) atoms. The van der Waals surface area contributed by atoms with Gasteiger partial charge in [0.25, 0.3) is 0 Å². The van der Waals surface area contributed by atoms with Crippen molar-refractivity contribution in [2.75, 3.05) is 27.2 Å². The lowest BCUT2D eigenvalue weighted by Gasteiger charge is -2.24. The molecule has 2 heteroatoms. The molecule has 0 saturated heterocycles. The molecule has 2 rings (SSSR count). The van der Waals surface area contributed by atoms with Gasteiger partial charge in [-0.25, -0.2) is 0 Å². The summed E-state index contributed by atoms with van der Waals surface area (Å²) in [5, 5.41) is 3.46. The van der Waals surface area contributed by atoms with Crippen molar-refractivity contribution in [3.8, 4) is 0 Å². The number of nitrogens with one attached hydrogen (secondary N) is 1. The van der Waals surface area contributed by atoms with Crippen molar-refractivity contribution in [3.63, 3.8) is 0 Å². The van der Waals surface area contributed by atoms with Gasteiger partial charge in [-0.1, -0.05) is 44.5 Å². The monoisotopic (exact) mass is 274 g/mol. The first-order chi connectivity index (χ1) is 9.63. The normalized spacial score (nSPS) is 23.1. The minimum atomic E-state index is 0.435. The van der Waals surface area contributed by atoms with E-state index in [1.54, 1.807) is 0 Å². The summed E-state index contributed by atoms with van der Waals surface area (Å²) >= 11 is 0. The first-order valence-electron chi connectivity index (χ1n) is 8.08. The molecular weight excluding hydrogens is 244 g/mol.